The van der Waals surface area contributed by atoms with Crippen LogP contribution in [0, 0.1) is 0 Å². The van der Waals surface area contributed by atoms with E-state index in [4.69, 9.17) is 5.11 Å². The molecule has 3 rings (SSSR count). The van der Waals surface area contributed by atoms with Gasteiger partial charge >= 0.3 is 12.1 Å². The highest BCUT2D eigenvalue weighted by Gasteiger charge is 2.30. The van der Waals surface area contributed by atoms with Crippen LogP contribution in [0.3, 0.4) is 0 Å². The molecule has 2 aromatic carbocycles. The van der Waals surface area contributed by atoms with Crippen molar-refractivity contribution in [1.82, 2.24) is 4.98 Å². The Hall–Kier alpha value is -3.48. The number of hydrogen-bond donors (Lipinski definition) is 1. The van der Waals surface area contributed by atoms with Crippen LogP contribution < -0.4 is 0 Å². The van der Waals surface area contributed by atoms with Crippen LogP contribution in [0.1, 0.15) is 16.8 Å². The number of nitrogens with zero attached hydrogens (tertiary/aromatic N) is 1. The second kappa shape index (κ2) is 7.03. The first-order chi connectivity index (χ1) is 12.8. The minimum absolute atomic E-state index is 0.0457. The van der Waals surface area contributed by atoms with Crippen LogP contribution in [0.4, 0.5) is 13.2 Å². The van der Waals surface area contributed by atoms with Gasteiger partial charge in [-0.3, -0.25) is 4.79 Å². The van der Waals surface area contributed by atoms with Gasteiger partial charge in [-0.1, -0.05) is 36.4 Å². The topological polar surface area (TPSA) is 67.3 Å². The predicted molar refractivity (Wildman–Crippen MR) is 93.7 cm³/mol. The number of fused-ring (bicyclic) bond motifs is 1. The summed E-state index contributed by atoms with van der Waals surface area (Å²) in [6.07, 6.45) is -3.45. The highest BCUT2D eigenvalue weighted by atomic mass is 19.4. The highest BCUT2D eigenvalue weighted by molar-refractivity contribution is 6.52. The van der Waals surface area contributed by atoms with Crippen LogP contribution in [0.25, 0.3) is 22.6 Å². The Morgan fingerprint density at radius 2 is 1.70 bits per heavy atom. The number of halogens is 3. The van der Waals surface area contributed by atoms with E-state index in [0.29, 0.717) is 5.52 Å². The predicted octanol–water partition coefficient (Wildman–Crippen LogP) is 4.45. The van der Waals surface area contributed by atoms with E-state index < -0.39 is 23.5 Å². The molecule has 1 heterocycles. The van der Waals surface area contributed by atoms with Crippen LogP contribution in [-0.2, 0) is 15.8 Å². The van der Waals surface area contributed by atoms with E-state index in [1.54, 1.807) is 30.3 Å². The second-order valence-corrected chi connectivity index (χ2v) is 5.70. The quantitative estimate of drug-likeness (QED) is 0.544. The van der Waals surface area contributed by atoms with Gasteiger partial charge in [0.25, 0.3) is 5.78 Å². The molecular weight excluding hydrogens is 359 g/mol. The first kappa shape index (κ1) is 18.3. The largest absolute Gasteiger partial charge is 0.475 e. The molecule has 27 heavy (non-hydrogen) atoms. The molecule has 0 aliphatic heterocycles. The fourth-order valence-electron chi connectivity index (χ4n) is 2.56. The molecule has 0 saturated heterocycles. The maximum atomic E-state index is 12.9. The molecule has 0 fully saturated rings. The van der Waals surface area contributed by atoms with E-state index in [9.17, 15) is 22.8 Å². The summed E-state index contributed by atoms with van der Waals surface area (Å²) < 4.78 is 38.7. The molecule has 0 aliphatic rings. The summed E-state index contributed by atoms with van der Waals surface area (Å²) >= 11 is 0. The molecule has 3 aromatic rings. The Morgan fingerprint density at radius 3 is 2.41 bits per heavy atom. The summed E-state index contributed by atoms with van der Waals surface area (Å²) in [4.78, 5) is 27.6. The minimum atomic E-state index is -4.55. The first-order valence-corrected chi connectivity index (χ1v) is 7.78. The summed E-state index contributed by atoms with van der Waals surface area (Å²) in [5, 5.41) is 9.87. The molecule has 0 spiro atoms. The third-order valence-electron chi connectivity index (χ3n) is 3.84. The molecule has 136 valence electrons. The molecule has 0 radical (unpaired) electrons. The van der Waals surface area contributed by atoms with Crippen molar-refractivity contribution >= 4 is 34.3 Å². The number of benzene rings is 2. The van der Waals surface area contributed by atoms with E-state index in [1.165, 1.54) is 18.2 Å². The Labute approximate surface area is 151 Å². The van der Waals surface area contributed by atoms with Gasteiger partial charge in [0.1, 0.15) is 0 Å². The van der Waals surface area contributed by atoms with Gasteiger partial charge in [0.05, 0.1) is 22.3 Å². The Balaban J connectivity index is 2.15. The van der Waals surface area contributed by atoms with Crippen molar-refractivity contribution in [1.29, 1.82) is 0 Å². The van der Waals surface area contributed by atoms with Crippen LogP contribution in [0.5, 0.6) is 0 Å². The lowest BCUT2D eigenvalue weighted by molar-refractivity contribution is -0.146. The van der Waals surface area contributed by atoms with Crippen molar-refractivity contribution in [2.75, 3.05) is 0 Å². The number of aromatic nitrogens is 1. The number of carbonyl (C=O) groups is 2. The van der Waals surface area contributed by atoms with Crippen molar-refractivity contribution in [3.05, 3.63) is 77.5 Å². The van der Waals surface area contributed by atoms with Crippen LogP contribution >= 0.6 is 0 Å². The van der Waals surface area contributed by atoms with Gasteiger partial charge in [-0.15, -0.1) is 0 Å². The van der Waals surface area contributed by atoms with Crippen LogP contribution in [0.15, 0.2) is 60.7 Å². The number of alkyl halides is 3. The SMILES string of the molecule is O=C(O)C(=O)C(=Cc1cccc(C(F)(F)F)c1)c1ccc2ccccc2n1. The van der Waals surface area contributed by atoms with Gasteiger partial charge in [-0.2, -0.15) is 13.2 Å². The van der Waals surface area contributed by atoms with Gasteiger partial charge in [0, 0.05) is 5.39 Å². The van der Waals surface area contributed by atoms with Crippen molar-refractivity contribution in [2.24, 2.45) is 0 Å². The average Bonchev–Trinajstić information content (AvgIpc) is 2.64. The lowest BCUT2D eigenvalue weighted by atomic mass is 10.0. The standard InChI is InChI=1S/C20H12F3NO3/c21-20(22,23)14-6-3-4-12(10-14)11-15(18(25)19(26)27)17-9-8-13-5-1-2-7-16(13)24-17/h1-11H,(H,26,27). The lowest BCUT2D eigenvalue weighted by Crippen LogP contribution is -2.15. The van der Waals surface area contributed by atoms with E-state index in [0.717, 1.165) is 23.6 Å². The second-order valence-electron chi connectivity index (χ2n) is 5.70. The molecule has 0 aliphatic carbocycles. The Morgan fingerprint density at radius 1 is 0.963 bits per heavy atom. The highest BCUT2D eigenvalue weighted by Crippen LogP contribution is 2.30. The molecule has 0 amide bonds. The molecule has 1 N–H and O–H groups in total. The van der Waals surface area contributed by atoms with Crippen molar-refractivity contribution in [3.8, 4) is 0 Å². The van der Waals surface area contributed by atoms with Gasteiger partial charge in [0.15, 0.2) is 0 Å². The van der Waals surface area contributed by atoms with Gasteiger partial charge in [0.2, 0.25) is 0 Å². The smallest absolute Gasteiger partial charge is 0.416 e. The number of para-hydroxylation sites is 1. The summed E-state index contributed by atoms with van der Waals surface area (Å²) in [6.45, 7) is 0. The fourth-order valence-corrected chi connectivity index (χ4v) is 2.56. The normalized spacial score (nSPS) is 12.2. The Kier molecular flexibility index (Phi) is 4.77. The molecular formula is C20H12F3NO3. The van der Waals surface area contributed by atoms with E-state index in [-0.39, 0.29) is 16.8 Å². The third-order valence-corrected chi connectivity index (χ3v) is 3.84. The van der Waals surface area contributed by atoms with E-state index >= 15 is 0 Å². The number of carboxylic acid groups (broad SMARTS) is 1. The zero-order valence-corrected chi connectivity index (χ0v) is 13.7. The number of rotatable bonds is 4. The summed E-state index contributed by atoms with van der Waals surface area (Å²) in [6, 6.07) is 14.4. The van der Waals surface area contributed by atoms with Crippen molar-refractivity contribution in [2.45, 2.75) is 6.18 Å². The number of aliphatic carboxylic acids is 1. The summed E-state index contributed by atoms with van der Waals surface area (Å²) in [5.41, 5.74) is -0.552. The lowest BCUT2D eigenvalue weighted by Gasteiger charge is -2.09. The molecule has 0 atom stereocenters. The average molecular weight is 371 g/mol. The molecule has 0 bridgehead atoms. The monoisotopic (exact) mass is 371 g/mol. The van der Waals surface area contributed by atoms with Crippen LogP contribution in [0.2, 0.25) is 0 Å². The maximum absolute atomic E-state index is 12.9. The summed E-state index contributed by atoms with van der Waals surface area (Å²) in [7, 11) is 0. The van der Waals surface area contributed by atoms with E-state index in [1.807, 2.05) is 0 Å². The molecule has 1 aromatic heterocycles. The van der Waals surface area contributed by atoms with Gasteiger partial charge < -0.3 is 5.11 Å². The number of carboxylic acids is 1. The van der Waals surface area contributed by atoms with Crippen molar-refractivity contribution < 1.29 is 27.9 Å². The third kappa shape index (κ3) is 4.03. The zero-order valence-electron chi connectivity index (χ0n) is 13.7. The number of hydrogen-bond acceptors (Lipinski definition) is 3. The molecule has 4 nitrogen and oxygen atoms in total. The molecule has 0 saturated carbocycles. The number of Topliss-reactive ketones (excluding diaryl/α,β-unsaturated/α-hetero) is 1. The fraction of sp³-hybridized carbons (Fsp3) is 0.0500. The van der Waals surface area contributed by atoms with E-state index in [2.05, 4.69) is 4.98 Å². The Bertz CT molecular complexity index is 1070. The number of ketones is 1. The van der Waals surface area contributed by atoms with Gasteiger partial charge in [-0.25, -0.2) is 9.78 Å². The number of pyridine rings is 1. The van der Waals surface area contributed by atoms with Crippen molar-refractivity contribution in [3.63, 3.8) is 0 Å². The number of carbonyl (C=O) groups excluding carboxylic acids is 1. The van der Waals surface area contributed by atoms with Crippen LogP contribution in [-0.4, -0.2) is 21.8 Å². The maximum Gasteiger partial charge on any atom is 0.416 e. The van der Waals surface area contributed by atoms with Gasteiger partial charge in [-0.05, 0) is 35.9 Å². The zero-order chi connectivity index (χ0) is 19.6. The molecule has 7 heteroatoms. The minimum Gasteiger partial charge on any atom is -0.475 e. The first-order valence-electron chi connectivity index (χ1n) is 7.78. The summed E-state index contributed by atoms with van der Waals surface area (Å²) in [5.74, 6) is -2.97. The molecule has 0 unspecified atom stereocenters.